The molecular weight excluding hydrogens is 412 g/mol. The number of nitrogens with zero attached hydrogens (tertiary/aromatic N) is 1. The summed E-state index contributed by atoms with van der Waals surface area (Å²) in [6, 6.07) is 10.7. The molecule has 3 rings (SSSR count). The number of ether oxygens (including phenoxy) is 1. The number of nitrogens with one attached hydrogen (secondary N) is 1. The Labute approximate surface area is 174 Å². The molecule has 0 saturated carbocycles. The monoisotopic (exact) mass is 428 g/mol. The summed E-state index contributed by atoms with van der Waals surface area (Å²) in [6.45, 7) is 0.0366. The Morgan fingerprint density at radius 1 is 1.17 bits per heavy atom. The van der Waals surface area contributed by atoms with Gasteiger partial charge in [0.15, 0.2) is 5.17 Å². The second-order valence-corrected chi connectivity index (χ2v) is 7.08. The molecule has 0 unspecified atom stereocenters. The Morgan fingerprint density at radius 3 is 2.67 bits per heavy atom. The number of carbonyl (C=O) groups is 3. The van der Waals surface area contributed by atoms with E-state index in [0.29, 0.717) is 16.2 Å². The molecular formula is C20H16N2O7S. The maximum absolute atomic E-state index is 12.2. The summed E-state index contributed by atoms with van der Waals surface area (Å²) in [7, 11) is 0. The van der Waals surface area contributed by atoms with Gasteiger partial charge in [0.2, 0.25) is 0 Å². The molecule has 1 saturated heterocycles. The molecule has 1 fully saturated rings. The Morgan fingerprint density at radius 2 is 1.97 bits per heavy atom. The van der Waals surface area contributed by atoms with Crippen LogP contribution in [0.15, 0.2) is 52.4 Å². The number of amides is 1. The molecule has 154 valence electrons. The highest BCUT2D eigenvalue weighted by Gasteiger charge is 2.24. The van der Waals surface area contributed by atoms with Crippen LogP contribution in [-0.2, 0) is 9.59 Å². The van der Waals surface area contributed by atoms with E-state index >= 15 is 0 Å². The highest BCUT2D eigenvalue weighted by atomic mass is 32.2. The third kappa shape index (κ3) is 5.39. The number of rotatable bonds is 7. The van der Waals surface area contributed by atoms with Crippen molar-refractivity contribution < 1.29 is 34.4 Å². The van der Waals surface area contributed by atoms with E-state index in [0.717, 1.165) is 11.8 Å². The van der Waals surface area contributed by atoms with Gasteiger partial charge in [0.05, 0.1) is 23.6 Å². The Kier molecular flexibility index (Phi) is 6.38. The van der Waals surface area contributed by atoms with Crippen molar-refractivity contribution in [2.24, 2.45) is 4.99 Å². The van der Waals surface area contributed by atoms with Crippen LogP contribution < -0.4 is 10.1 Å². The molecule has 2 aromatic carbocycles. The summed E-state index contributed by atoms with van der Waals surface area (Å²) >= 11 is 1.09. The lowest BCUT2D eigenvalue weighted by Gasteiger charge is -2.05. The lowest BCUT2D eigenvalue weighted by Crippen LogP contribution is -2.19. The zero-order chi connectivity index (χ0) is 21.7. The number of benzene rings is 2. The molecule has 2 aromatic rings. The second kappa shape index (κ2) is 9.14. The Hall–Kier alpha value is -3.79. The van der Waals surface area contributed by atoms with E-state index in [1.54, 1.807) is 30.3 Å². The fourth-order valence-electron chi connectivity index (χ4n) is 2.47. The van der Waals surface area contributed by atoms with E-state index in [-0.39, 0.29) is 35.4 Å². The van der Waals surface area contributed by atoms with Gasteiger partial charge in [-0.1, -0.05) is 12.1 Å². The molecule has 30 heavy (non-hydrogen) atoms. The van der Waals surface area contributed by atoms with Crippen LogP contribution in [0.4, 0.5) is 5.69 Å². The van der Waals surface area contributed by atoms with Crippen molar-refractivity contribution in [3.8, 4) is 11.5 Å². The number of aliphatic carboxylic acids is 1. The van der Waals surface area contributed by atoms with Crippen LogP contribution in [0.1, 0.15) is 22.3 Å². The van der Waals surface area contributed by atoms with Gasteiger partial charge < -0.3 is 25.4 Å². The van der Waals surface area contributed by atoms with E-state index in [4.69, 9.17) is 14.9 Å². The number of aliphatic imine (C=N–C) groups is 1. The first kappa shape index (κ1) is 20.9. The minimum atomic E-state index is -1.25. The third-order valence-corrected chi connectivity index (χ3v) is 4.74. The van der Waals surface area contributed by atoms with Gasteiger partial charge in [-0.15, -0.1) is 0 Å². The lowest BCUT2D eigenvalue weighted by molar-refractivity contribution is -0.137. The Balaban J connectivity index is 1.73. The zero-order valence-electron chi connectivity index (χ0n) is 15.4. The van der Waals surface area contributed by atoms with Crippen LogP contribution >= 0.6 is 11.8 Å². The molecule has 0 aliphatic carbocycles. The summed E-state index contributed by atoms with van der Waals surface area (Å²) in [5, 5.41) is 30.2. The normalized spacial score (nSPS) is 15.9. The predicted molar refractivity (Wildman–Crippen MR) is 110 cm³/mol. The molecule has 1 aliphatic heterocycles. The van der Waals surface area contributed by atoms with Crippen molar-refractivity contribution in [3.05, 3.63) is 58.5 Å². The Bertz CT molecular complexity index is 1080. The van der Waals surface area contributed by atoms with Crippen molar-refractivity contribution in [1.29, 1.82) is 0 Å². The van der Waals surface area contributed by atoms with E-state index in [1.807, 2.05) is 0 Å². The molecule has 0 bridgehead atoms. The number of carboxylic acids is 2. The smallest absolute Gasteiger partial charge is 0.339 e. The van der Waals surface area contributed by atoms with E-state index in [1.165, 1.54) is 18.2 Å². The minimum absolute atomic E-state index is 0.0366. The van der Waals surface area contributed by atoms with Crippen molar-refractivity contribution >= 4 is 46.5 Å². The largest absolute Gasteiger partial charge is 0.507 e. The van der Waals surface area contributed by atoms with Gasteiger partial charge in [-0.05, 0) is 47.7 Å². The predicted octanol–water partition coefficient (Wildman–Crippen LogP) is 2.84. The van der Waals surface area contributed by atoms with E-state index in [2.05, 4.69) is 10.3 Å². The third-order valence-electron chi connectivity index (χ3n) is 3.83. The second-order valence-electron chi connectivity index (χ2n) is 6.05. The minimum Gasteiger partial charge on any atom is -0.507 e. The highest BCUT2D eigenvalue weighted by Crippen LogP contribution is 2.30. The van der Waals surface area contributed by atoms with Crippen LogP contribution in [0.25, 0.3) is 6.08 Å². The highest BCUT2D eigenvalue weighted by molar-refractivity contribution is 8.18. The fourth-order valence-corrected chi connectivity index (χ4v) is 3.31. The van der Waals surface area contributed by atoms with E-state index in [9.17, 15) is 19.5 Å². The van der Waals surface area contributed by atoms with Crippen LogP contribution in [0.3, 0.4) is 0 Å². The van der Waals surface area contributed by atoms with Crippen LogP contribution in [0.2, 0.25) is 0 Å². The average Bonchev–Trinajstić information content (AvgIpc) is 3.00. The van der Waals surface area contributed by atoms with Gasteiger partial charge in [-0.2, -0.15) is 0 Å². The van der Waals surface area contributed by atoms with Crippen molar-refractivity contribution in [1.82, 2.24) is 5.32 Å². The summed E-state index contributed by atoms with van der Waals surface area (Å²) in [4.78, 5) is 38.3. The number of hydrogen-bond acceptors (Lipinski definition) is 7. The van der Waals surface area contributed by atoms with Crippen molar-refractivity contribution in [3.63, 3.8) is 0 Å². The number of aromatic hydroxyl groups is 1. The molecule has 1 heterocycles. The lowest BCUT2D eigenvalue weighted by atomic mass is 10.2. The van der Waals surface area contributed by atoms with Crippen molar-refractivity contribution in [2.45, 2.75) is 6.42 Å². The number of amidine groups is 1. The number of hydrogen-bond donors (Lipinski definition) is 4. The summed E-state index contributed by atoms with van der Waals surface area (Å²) < 4.78 is 5.38. The molecule has 0 aromatic heterocycles. The number of carbonyl (C=O) groups excluding carboxylic acids is 1. The van der Waals surface area contributed by atoms with Crippen molar-refractivity contribution in [2.75, 3.05) is 6.61 Å². The number of phenols is 1. The van der Waals surface area contributed by atoms with E-state index < -0.39 is 17.7 Å². The standard InChI is InChI=1S/C20H16N2O7S/c23-15-10-12(4-5-14(15)19(27)28)21-20-22-18(26)16(30-20)9-11-2-1-3-13(8-11)29-7-6-17(24)25/h1-5,8-10,23H,6-7H2,(H,24,25)(H,27,28)(H,21,22,26)/b16-9-. The number of thioether (sulfide) groups is 1. The fraction of sp³-hybridized carbons (Fsp3) is 0.100. The molecule has 0 radical (unpaired) electrons. The van der Waals surface area contributed by atoms with Gasteiger partial charge in [0.1, 0.15) is 17.1 Å². The first-order valence-electron chi connectivity index (χ1n) is 8.62. The quantitative estimate of drug-likeness (QED) is 0.493. The molecule has 9 nitrogen and oxygen atoms in total. The van der Waals surface area contributed by atoms with Gasteiger partial charge in [-0.3, -0.25) is 9.59 Å². The molecule has 1 aliphatic rings. The van der Waals surface area contributed by atoms with Crippen LogP contribution in [0, 0.1) is 0 Å². The van der Waals surface area contributed by atoms with Gasteiger partial charge in [0.25, 0.3) is 5.91 Å². The molecule has 0 atom stereocenters. The first-order chi connectivity index (χ1) is 14.3. The molecule has 0 spiro atoms. The maximum Gasteiger partial charge on any atom is 0.339 e. The molecule has 10 heteroatoms. The van der Waals surface area contributed by atoms with Gasteiger partial charge >= 0.3 is 11.9 Å². The summed E-state index contributed by atoms with van der Waals surface area (Å²) in [5.74, 6) is -2.51. The molecule has 4 N–H and O–H groups in total. The zero-order valence-corrected chi connectivity index (χ0v) is 16.2. The van der Waals surface area contributed by atoms with Crippen LogP contribution in [-0.4, -0.2) is 44.9 Å². The first-order valence-corrected chi connectivity index (χ1v) is 9.44. The molecule has 1 amide bonds. The summed E-state index contributed by atoms with van der Waals surface area (Å²) in [5.41, 5.74) is 0.730. The van der Waals surface area contributed by atoms with Gasteiger partial charge in [0, 0.05) is 6.07 Å². The SMILES string of the molecule is O=C(O)CCOc1cccc(/C=C2\SC(=Nc3ccc(C(=O)O)c(O)c3)NC2=O)c1. The topological polar surface area (TPSA) is 146 Å². The number of carboxylic acid groups (broad SMARTS) is 2. The summed E-state index contributed by atoms with van der Waals surface area (Å²) in [6.07, 6.45) is 1.52. The maximum atomic E-state index is 12.2. The van der Waals surface area contributed by atoms with Crippen LogP contribution in [0.5, 0.6) is 11.5 Å². The average molecular weight is 428 g/mol. The van der Waals surface area contributed by atoms with Gasteiger partial charge in [-0.25, -0.2) is 9.79 Å². The number of aromatic carboxylic acids is 1.